The highest BCUT2D eigenvalue weighted by Crippen LogP contribution is 2.18. The quantitative estimate of drug-likeness (QED) is 0.723. The number of carbonyl (C=O) groups excluding carboxylic acids is 1. The number of likely N-dealkylation sites (N-methyl/N-ethyl adjacent to an activating group) is 1. The molecule has 1 aliphatic heterocycles. The summed E-state index contributed by atoms with van der Waals surface area (Å²) < 4.78 is 5.46. The number of anilines is 1. The lowest BCUT2D eigenvalue weighted by molar-refractivity contribution is -0.141. The summed E-state index contributed by atoms with van der Waals surface area (Å²) >= 11 is 0. The fourth-order valence-electron chi connectivity index (χ4n) is 1.92. The lowest BCUT2D eigenvalue weighted by Crippen LogP contribution is -2.50. The van der Waals surface area contributed by atoms with Crippen LogP contribution in [0.4, 0.5) is 5.82 Å². The normalized spacial score (nSPS) is 18.8. The van der Waals surface area contributed by atoms with E-state index in [0.29, 0.717) is 25.5 Å². The van der Waals surface area contributed by atoms with Gasteiger partial charge in [-0.1, -0.05) is 0 Å². The SMILES string of the molecule is CN(C)C(=O)C1CN(c2nccnc2C#N)CCO1. The fraction of sp³-hybridized carbons (Fsp3) is 0.500. The first-order valence-electron chi connectivity index (χ1n) is 5.92. The molecule has 1 aromatic rings. The van der Waals surface area contributed by atoms with Gasteiger partial charge >= 0.3 is 0 Å². The summed E-state index contributed by atoms with van der Waals surface area (Å²) in [6, 6.07) is 2.01. The second-order valence-electron chi connectivity index (χ2n) is 4.38. The Balaban J connectivity index is 2.18. The number of ether oxygens (including phenoxy) is 1. The number of nitriles is 1. The number of hydrogen-bond acceptors (Lipinski definition) is 6. The van der Waals surface area contributed by atoms with Crippen LogP contribution in [0.25, 0.3) is 0 Å². The molecule has 0 spiro atoms. The van der Waals surface area contributed by atoms with Crippen molar-refractivity contribution in [2.24, 2.45) is 0 Å². The van der Waals surface area contributed by atoms with Crippen LogP contribution < -0.4 is 4.90 Å². The van der Waals surface area contributed by atoms with Crippen LogP contribution >= 0.6 is 0 Å². The Bertz CT molecular complexity index is 511. The van der Waals surface area contributed by atoms with Gasteiger partial charge in [-0.15, -0.1) is 0 Å². The van der Waals surface area contributed by atoms with E-state index in [4.69, 9.17) is 10.00 Å². The molecule has 1 amide bonds. The zero-order chi connectivity index (χ0) is 13.8. The molecule has 1 fully saturated rings. The first-order valence-corrected chi connectivity index (χ1v) is 5.92. The van der Waals surface area contributed by atoms with E-state index in [1.54, 1.807) is 14.1 Å². The van der Waals surface area contributed by atoms with Crippen molar-refractivity contribution in [1.29, 1.82) is 5.26 Å². The number of morpholine rings is 1. The van der Waals surface area contributed by atoms with Crippen molar-refractivity contribution in [3.63, 3.8) is 0 Å². The highest BCUT2D eigenvalue weighted by molar-refractivity contribution is 5.81. The third-order valence-corrected chi connectivity index (χ3v) is 2.87. The predicted octanol–water partition coefficient (Wildman–Crippen LogP) is -0.358. The molecule has 2 rings (SSSR count). The number of amides is 1. The van der Waals surface area contributed by atoms with E-state index in [2.05, 4.69) is 9.97 Å². The monoisotopic (exact) mass is 261 g/mol. The van der Waals surface area contributed by atoms with Crippen LogP contribution in [0.5, 0.6) is 0 Å². The van der Waals surface area contributed by atoms with Gasteiger partial charge in [0.2, 0.25) is 0 Å². The number of carbonyl (C=O) groups is 1. The highest BCUT2D eigenvalue weighted by Gasteiger charge is 2.29. The molecular formula is C12H15N5O2. The van der Waals surface area contributed by atoms with Gasteiger partial charge in [0, 0.05) is 33.0 Å². The van der Waals surface area contributed by atoms with Gasteiger partial charge in [-0.2, -0.15) is 5.26 Å². The van der Waals surface area contributed by atoms with Gasteiger partial charge in [-0.05, 0) is 0 Å². The molecule has 0 N–H and O–H groups in total. The topological polar surface area (TPSA) is 82.4 Å². The lowest BCUT2D eigenvalue weighted by atomic mass is 10.2. The molecule has 0 aliphatic carbocycles. The molecule has 100 valence electrons. The summed E-state index contributed by atoms with van der Waals surface area (Å²) in [6.07, 6.45) is 2.48. The van der Waals surface area contributed by atoms with Gasteiger partial charge in [0.15, 0.2) is 17.6 Å². The summed E-state index contributed by atoms with van der Waals surface area (Å²) in [5.41, 5.74) is 0.264. The molecule has 2 heterocycles. The van der Waals surface area contributed by atoms with E-state index >= 15 is 0 Å². The van der Waals surface area contributed by atoms with Gasteiger partial charge in [0.25, 0.3) is 5.91 Å². The predicted molar refractivity (Wildman–Crippen MR) is 67.4 cm³/mol. The van der Waals surface area contributed by atoms with Crippen LogP contribution in [0.2, 0.25) is 0 Å². The Morgan fingerprint density at radius 1 is 1.53 bits per heavy atom. The summed E-state index contributed by atoms with van der Waals surface area (Å²) in [5.74, 6) is 0.414. The molecular weight excluding hydrogens is 246 g/mol. The van der Waals surface area contributed by atoms with Gasteiger partial charge in [-0.25, -0.2) is 9.97 Å². The van der Waals surface area contributed by atoms with Crippen molar-refractivity contribution in [3.05, 3.63) is 18.1 Å². The van der Waals surface area contributed by atoms with E-state index in [1.807, 2.05) is 11.0 Å². The maximum absolute atomic E-state index is 11.9. The van der Waals surface area contributed by atoms with E-state index < -0.39 is 6.10 Å². The second kappa shape index (κ2) is 5.63. The number of hydrogen-bond donors (Lipinski definition) is 0. The molecule has 1 saturated heterocycles. The smallest absolute Gasteiger partial charge is 0.253 e. The van der Waals surface area contributed by atoms with E-state index in [-0.39, 0.29) is 11.6 Å². The minimum absolute atomic E-state index is 0.0907. The molecule has 0 bridgehead atoms. The number of rotatable bonds is 2. The van der Waals surface area contributed by atoms with Gasteiger partial charge in [0.1, 0.15) is 6.07 Å². The summed E-state index contributed by atoms with van der Waals surface area (Å²) in [4.78, 5) is 23.4. The van der Waals surface area contributed by atoms with E-state index in [1.165, 1.54) is 17.3 Å². The molecule has 0 radical (unpaired) electrons. The van der Waals surface area contributed by atoms with Crippen molar-refractivity contribution in [2.45, 2.75) is 6.10 Å². The molecule has 1 atom stereocenters. The Kier molecular flexibility index (Phi) is 3.92. The highest BCUT2D eigenvalue weighted by atomic mass is 16.5. The maximum Gasteiger partial charge on any atom is 0.253 e. The Labute approximate surface area is 111 Å². The van der Waals surface area contributed by atoms with Crippen molar-refractivity contribution in [2.75, 3.05) is 38.7 Å². The third-order valence-electron chi connectivity index (χ3n) is 2.87. The third kappa shape index (κ3) is 2.80. The minimum atomic E-state index is -0.530. The molecule has 19 heavy (non-hydrogen) atoms. The first-order chi connectivity index (χ1) is 9.13. The van der Waals surface area contributed by atoms with Gasteiger partial charge in [0.05, 0.1) is 13.2 Å². The Morgan fingerprint density at radius 2 is 2.26 bits per heavy atom. The fourth-order valence-corrected chi connectivity index (χ4v) is 1.92. The maximum atomic E-state index is 11.9. The van der Waals surface area contributed by atoms with Crippen molar-refractivity contribution in [1.82, 2.24) is 14.9 Å². The van der Waals surface area contributed by atoms with E-state index in [0.717, 1.165) is 0 Å². The Morgan fingerprint density at radius 3 is 2.95 bits per heavy atom. The van der Waals surface area contributed by atoms with Crippen molar-refractivity contribution >= 4 is 11.7 Å². The van der Waals surface area contributed by atoms with Crippen LogP contribution in [0, 0.1) is 11.3 Å². The first kappa shape index (κ1) is 13.2. The minimum Gasteiger partial charge on any atom is -0.365 e. The largest absolute Gasteiger partial charge is 0.365 e. The van der Waals surface area contributed by atoms with Crippen LogP contribution in [0.15, 0.2) is 12.4 Å². The Hall–Kier alpha value is -2.20. The summed E-state index contributed by atoms with van der Waals surface area (Å²) in [6.45, 7) is 1.39. The molecule has 1 aromatic heterocycles. The summed E-state index contributed by atoms with van der Waals surface area (Å²) in [7, 11) is 3.38. The van der Waals surface area contributed by atoms with Crippen LogP contribution in [0.3, 0.4) is 0 Å². The zero-order valence-electron chi connectivity index (χ0n) is 10.9. The second-order valence-corrected chi connectivity index (χ2v) is 4.38. The molecule has 0 saturated carbocycles. The average Bonchev–Trinajstić information content (AvgIpc) is 2.46. The molecule has 7 nitrogen and oxygen atoms in total. The van der Waals surface area contributed by atoms with Gasteiger partial charge in [-0.3, -0.25) is 4.79 Å². The van der Waals surface area contributed by atoms with Crippen LogP contribution in [0.1, 0.15) is 5.69 Å². The van der Waals surface area contributed by atoms with Crippen molar-refractivity contribution in [3.8, 4) is 6.07 Å². The number of aromatic nitrogens is 2. The average molecular weight is 261 g/mol. The van der Waals surface area contributed by atoms with Crippen LogP contribution in [-0.2, 0) is 9.53 Å². The lowest BCUT2D eigenvalue weighted by Gasteiger charge is -2.34. The number of nitrogens with zero attached hydrogens (tertiary/aromatic N) is 5. The molecule has 7 heteroatoms. The zero-order valence-corrected chi connectivity index (χ0v) is 10.9. The molecule has 1 aliphatic rings. The standard InChI is InChI=1S/C12H15N5O2/c1-16(2)12(18)10-8-17(5-6-19-10)11-9(7-13)14-3-4-15-11/h3-4,10H,5-6,8H2,1-2H3. The van der Waals surface area contributed by atoms with Gasteiger partial charge < -0.3 is 14.5 Å². The molecule has 0 aromatic carbocycles. The van der Waals surface area contributed by atoms with Crippen molar-refractivity contribution < 1.29 is 9.53 Å². The van der Waals surface area contributed by atoms with Crippen LogP contribution in [-0.4, -0.2) is 60.7 Å². The van der Waals surface area contributed by atoms with E-state index in [9.17, 15) is 4.79 Å². The molecule has 1 unspecified atom stereocenters. The summed E-state index contributed by atoms with van der Waals surface area (Å²) in [5, 5.41) is 9.03.